The molecule has 0 unspecified atom stereocenters. The quantitative estimate of drug-likeness (QED) is 0.508. The van der Waals surface area contributed by atoms with E-state index in [2.05, 4.69) is 20.8 Å². The molecule has 160 valence electrons. The van der Waals surface area contributed by atoms with E-state index in [4.69, 9.17) is 0 Å². The molecular formula is C22H24N6O3. The van der Waals surface area contributed by atoms with Crippen LogP contribution >= 0.6 is 0 Å². The van der Waals surface area contributed by atoms with Gasteiger partial charge in [0.25, 0.3) is 5.91 Å². The van der Waals surface area contributed by atoms with E-state index in [1.807, 2.05) is 59.1 Å². The summed E-state index contributed by atoms with van der Waals surface area (Å²) in [6.07, 6.45) is 3.45. The fraction of sp³-hybridized carbons (Fsp3) is 0.318. The normalized spacial score (nSPS) is 16.0. The zero-order valence-corrected chi connectivity index (χ0v) is 17.0. The number of carbonyl (C=O) groups is 3. The molecular weight excluding hydrogens is 396 g/mol. The highest BCUT2D eigenvalue weighted by molar-refractivity contribution is 6.04. The average Bonchev–Trinajstić information content (AvgIpc) is 3.32. The van der Waals surface area contributed by atoms with Crippen molar-refractivity contribution >= 4 is 23.5 Å². The summed E-state index contributed by atoms with van der Waals surface area (Å²) in [5.41, 5.74) is 1.82. The molecule has 4 amide bonds. The van der Waals surface area contributed by atoms with E-state index in [-0.39, 0.29) is 24.7 Å². The van der Waals surface area contributed by atoms with Gasteiger partial charge < -0.3 is 10.6 Å². The van der Waals surface area contributed by atoms with Gasteiger partial charge in [0.15, 0.2) is 5.65 Å². The zero-order chi connectivity index (χ0) is 21.6. The van der Waals surface area contributed by atoms with E-state index in [1.54, 1.807) is 0 Å². The number of hydrogen-bond donors (Lipinski definition) is 2. The van der Waals surface area contributed by atoms with Crippen molar-refractivity contribution in [2.24, 2.45) is 0 Å². The van der Waals surface area contributed by atoms with Crippen LogP contribution in [0.2, 0.25) is 0 Å². The number of amides is 4. The SMILES string of the molecule is O=C(CC[C@@H]1NC(=O)N(CCc2ccccc2)C1=O)NCCc1nnc2ccccn12. The Morgan fingerprint density at radius 3 is 2.68 bits per heavy atom. The standard InChI is InChI=1S/C22H24N6O3/c29-20(23-13-11-19-26-25-18-8-4-5-14-27(18)19)10-9-17-21(30)28(22(31)24-17)15-12-16-6-2-1-3-7-16/h1-8,14,17H,9-13,15H2,(H,23,29)(H,24,31)/t17-/m0/s1. The maximum Gasteiger partial charge on any atom is 0.324 e. The summed E-state index contributed by atoms with van der Waals surface area (Å²) >= 11 is 0. The minimum Gasteiger partial charge on any atom is -0.356 e. The highest BCUT2D eigenvalue weighted by atomic mass is 16.2. The number of carbonyl (C=O) groups excluding carboxylic acids is 3. The number of fused-ring (bicyclic) bond motifs is 1. The highest BCUT2D eigenvalue weighted by Crippen LogP contribution is 2.13. The number of nitrogens with zero attached hydrogens (tertiary/aromatic N) is 4. The molecule has 2 aromatic heterocycles. The van der Waals surface area contributed by atoms with Crippen LogP contribution in [0.25, 0.3) is 5.65 Å². The summed E-state index contributed by atoms with van der Waals surface area (Å²) in [6, 6.07) is 14.3. The number of imide groups is 1. The van der Waals surface area contributed by atoms with Crippen molar-refractivity contribution in [3.63, 3.8) is 0 Å². The first-order valence-electron chi connectivity index (χ1n) is 10.3. The molecule has 9 nitrogen and oxygen atoms in total. The summed E-state index contributed by atoms with van der Waals surface area (Å²) in [4.78, 5) is 38.1. The van der Waals surface area contributed by atoms with Gasteiger partial charge in [0.1, 0.15) is 11.9 Å². The van der Waals surface area contributed by atoms with Crippen LogP contribution in [-0.2, 0) is 22.4 Å². The smallest absolute Gasteiger partial charge is 0.324 e. The number of aromatic nitrogens is 3. The van der Waals surface area contributed by atoms with E-state index >= 15 is 0 Å². The van der Waals surface area contributed by atoms with Gasteiger partial charge in [-0.25, -0.2) is 4.79 Å². The molecule has 3 aromatic rings. The maximum atomic E-state index is 12.5. The molecule has 4 rings (SSSR count). The monoisotopic (exact) mass is 420 g/mol. The van der Waals surface area contributed by atoms with Crippen LogP contribution in [0.4, 0.5) is 4.79 Å². The second kappa shape index (κ2) is 9.38. The van der Waals surface area contributed by atoms with Crippen LogP contribution < -0.4 is 10.6 Å². The van der Waals surface area contributed by atoms with Crippen molar-refractivity contribution in [1.29, 1.82) is 0 Å². The third kappa shape index (κ3) is 4.88. The Morgan fingerprint density at radius 1 is 1.03 bits per heavy atom. The molecule has 31 heavy (non-hydrogen) atoms. The summed E-state index contributed by atoms with van der Waals surface area (Å²) < 4.78 is 1.88. The topological polar surface area (TPSA) is 109 Å². The van der Waals surface area contributed by atoms with Crippen molar-refractivity contribution in [3.8, 4) is 0 Å². The van der Waals surface area contributed by atoms with E-state index in [1.165, 1.54) is 4.90 Å². The van der Waals surface area contributed by atoms with Crippen molar-refractivity contribution in [1.82, 2.24) is 30.1 Å². The van der Waals surface area contributed by atoms with Gasteiger partial charge in [-0.2, -0.15) is 0 Å². The van der Waals surface area contributed by atoms with Gasteiger partial charge in [-0.1, -0.05) is 36.4 Å². The molecule has 0 saturated carbocycles. The van der Waals surface area contributed by atoms with Gasteiger partial charge in [-0.05, 0) is 30.5 Å². The van der Waals surface area contributed by atoms with Gasteiger partial charge >= 0.3 is 6.03 Å². The van der Waals surface area contributed by atoms with Crippen LogP contribution in [0.15, 0.2) is 54.7 Å². The molecule has 1 fully saturated rings. The second-order valence-corrected chi connectivity index (χ2v) is 7.41. The lowest BCUT2D eigenvalue weighted by molar-refractivity contribution is -0.127. The Morgan fingerprint density at radius 2 is 1.84 bits per heavy atom. The minimum absolute atomic E-state index is 0.157. The number of rotatable bonds is 9. The molecule has 0 aliphatic carbocycles. The third-order valence-electron chi connectivity index (χ3n) is 5.29. The molecule has 2 N–H and O–H groups in total. The first kappa shape index (κ1) is 20.5. The Kier molecular flexibility index (Phi) is 6.21. The molecule has 0 bridgehead atoms. The van der Waals surface area contributed by atoms with Gasteiger partial charge in [0, 0.05) is 32.1 Å². The van der Waals surface area contributed by atoms with Gasteiger partial charge in [-0.3, -0.25) is 18.9 Å². The molecule has 1 aromatic carbocycles. The number of nitrogens with one attached hydrogen (secondary N) is 2. The first-order valence-corrected chi connectivity index (χ1v) is 10.3. The molecule has 9 heteroatoms. The van der Waals surface area contributed by atoms with E-state index in [0.29, 0.717) is 25.9 Å². The maximum absolute atomic E-state index is 12.5. The molecule has 0 spiro atoms. The van der Waals surface area contributed by atoms with Crippen molar-refractivity contribution in [3.05, 3.63) is 66.1 Å². The molecule has 0 radical (unpaired) electrons. The molecule has 1 saturated heterocycles. The van der Waals surface area contributed by atoms with Crippen molar-refractivity contribution in [2.45, 2.75) is 31.7 Å². The van der Waals surface area contributed by atoms with Crippen LogP contribution in [0.3, 0.4) is 0 Å². The van der Waals surface area contributed by atoms with E-state index in [0.717, 1.165) is 17.0 Å². The molecule has 1 aliphatic heterocycles. The zero-order valence-electron chi connectivity index (χ0n) is 17.0. The van der Waals surface area contributed by atoms with Gasteiger partial charge in [-0.15, -0.1) is 10.2 Å². The second-order valence-electron chi connectivity index (χ2n) is 7.41. The largest absolute Gasteiger partial charge is 0.356 e. The average molecular weight is 420 g/mol. The Balaban J connectivity index is 1.20. The minimum atomic E-state index is -0.658. The summed E-state index contributed by atoms with van der Waals surface area (Å²) in [7, 11) is 0. The Labute approximate surface area is 179 Å². The summed E-state index contributed by atoms with van der Waals surface area (Å²) in [6.45, 7) is 0.742. The fourth-order valence-electron chi connectivity index (χ4n) is 3.61. The Bertz CT molecular complexity index is 1080. The van der Waals surface area contributed by atoms with Crippen LogP contribution in [0, 0.1) is 0 Å². The lowest BCUT2D eigenvalue weighted by atomic mass is 10.1. The van der Waals surface area contributed by atoms with Gasteiger partial charge in [0.2, 0.25) is 5.91 Å². The third-order valence-corrected chi connectivity index (χ3v) is 5.29. The lowest BCUT2D eigenvalue weighted by Gasteiger charge is -2.13. The highest BCUT2D eigenvalue weighted by Gasteiger charge is 2.37. The molecule has 1 aliphatic rings. The lowest BCUT2D eigenvalue weighted by Crippen LogP contribution is -2.34. The van der Waals surface area contributed by atoms with Crippen LogP contribution in [0.1, 0.15) is 24.2 Å². The Hall–Kier alpha value is -3.75. The predicted octanol–water partition coefficient (Wildman–Crippen LogP) is 1.33. The van der Waals surface area contributed by atoms with Crippen LogP contribution in [-0.4, -0.2) is 56.5 Å². The van der Waals surface area contributed by atoms with E-state index in [9.17, 15) is 14.4 Å². The number of hydrogen-bond acceptors (Lipinski definition) is 5. The summed E-state index contributed by atoms with van der Waals surface area (Å²) in [5.74, 6) is 0.324. The van der Waals surface area contributed by atoms with Crippen LogP contribution in [0.5, 0.6) is 0 Å². The first-order chi connectivity index (χ1) is 15.1. The molecule has 1 atom stereocenters. The molecule has 3 heterocycles. The van der Waals surface area contributed by atoms with E-state index < -0.39 is 12.1 Å². The fourth-order valence-corrected chi connectivity index (χ4v) is 3.61. The number of benzene rings is 1. The predicted molar refractivity (Wildman–Crippen MR) is 113 cm³/mol. The van der Waals surface area contributed by atoms with Crippen molar-refractivity contribution in [2.75, 3.05) is 13.1 Å². The number of pyridine rings is 1. The summed E-state index contributed by atoms with van der Waals surface area (Å²) in [5, 5.41) is 13.7. The van der Waals surface area contributed by atoms with Gasteiger partial charge in [0.05, 0.1) is 0 Å². The number of urea groups is 1. The van der Waals surface area contributed by atoms with Crippen molar-refractivity contribution < 1.29 is 14.4 Å².